The van der Waals surface area contributed by atoms with Crippen molar-refractivity contribution in [1.82, 2.24) is 10.3 Å². The molecule has 1 aliphatic rings. The maximum absolute atomic E-state index is 12.1. The van der Waals surface area contributed by atoms with E-state index in [4.69, 9.17) is 10.7 Å². The minimum atomic E-state index is -0.151. The van der Waals surface area contributed by atoms with Gasteiger partial charge in [-0.15, -0.1) is 17.9 Å². The molecule has 1 atom stereocenters. The molecule has 0 saturated carbocycles. The smallest absolute Gasteiger partial charge is 0.263 e. The number of carbonyl (C=O) groups excluding carboxylic acids is 1. The molecule has 4 nitrogen and oxygen atoms in total. The van der Waals surface area contributed by atoms with Crippen LogP contribution >= 0.6 is 11.3 Å². The summed E-state index contributed by atoms with van der Waals surface area (Å²) < 4.78 is 0. The van der Waals surface area contributed by atoms with Crippen LogP contribution in [-0.2, 0) is 12.8 Å². The van der Waals surface area contributed by atoms with Crippen molar-refractivity contribution in [2.24, 2.45) is 5.92 Å². The highest BCUT2D eigenvalue weighted by Crippen LogP contribution is 2.36. The lowest BCUT2D eigenvalue weighted by Crippen LogP contribution is -2.22. The number of nitrogens with zero attached hydrogens (tertiary/aromatic N) is 1. The third-order valence-electron chi connectivity index (χ3n) is 3.95. The van der Waals surface area contributed by atoms with E-state index in [0.29, 0.717) is 23.0 Å². The number of hydrogen-bond acceptors (Lipinski definition) is 4. The van der Waals surface area contributed by atoms with Crippen molar-refractivity contribution >= 4 is 33.1 Å². The molecule has 1 amide bonds. The summed E-state index contributed by atoms with van der Waals surface area (Å²) in [7, 11) is 0. The molecule has 110 valence electrons. The first kappa shape index (κ1) is 14.1. The first-order valence-electron chi connectivity index (χ1n) is 7.20. The van der Waals surface area contributed by atoms with Crippen molar-refractivity contribution in [3.05, 3.63) is 34.9 Å². The lowest BCUT2D eigenvalue weighted by atomic mass is 9.87. The second-order valence-electron chi connectivity index (χ2n) is 5.64. The Kier molecular flexibility index (Phi) is 3.68. The van der Waals surface area contributed by atoms with Crippen LogP contribution < -0.4 is 11.1 Å². The van der Waals surface area contributed by atoms with Gasteiger partial charge in [-0.25, -0.2) is 4.98 Å². The van der Waals surface area contributed by atoms with Crippen molar-refractivity contribution in [3.8, 4) is 0 Å². The summed E-state index contributed by atoms with van der Waals surface area (Å²) in [5.41, 5.74) is 9.16. The highest BCUT2D eigenvalue weighted by atomic mass is 32.1. The maximum atomic E-state index is 12.1. The molecule has 0 bridgehead atoms. The number of nitrogen functional groups attached to an aromatic ring is 1. The molecular weight excluding hydrogens is 282 g/mol. The highest BCUT2D eigenvalue weighted by molar-refractivity contribution is 7.21. The number of rotatable bonds is 3. The standard InChI is InChI=1S/C16H19N3OS/c1-3-6-18-15(20)14-13(17)11-8-10-7-9(2)4-5-12(10)19-16(11)21-14/h3,8-9H,1,4-7,17H2,2H3,(H,18,20). The van der Waals surface area contributed by atoms with Crippen LogP contribution in [0.15, 0.2) is 18.7 Å². The van der Waals surface area contributed by atoms with Gasteiger partial charge in [0, 0.05) is 17.6 Å². The Morgan fingerprint density at radius 3 is 3.24 bits per heavy atom. The van der Waals surface area contributed by atoms with Gasteiger partial charge < -0.3 is 11.1 Å². The lowest BCUT2D eigenvalue weighted by molar-refractivity contribution is 0.0963. The summed E-state index contributed by atoms with van der Waals surface area (Å²) in [6.45, 7) is 6.30. The third-order valence-corrected chi connectivity index (χ3v) is 5.06. The van der Waals surface area contributed by atoms with E-state index in [0.717, 1.165) is 23.1 Å². The molecule has 21 heavy (non-hydrogen) atoms. The second-order valence-corrected chi connectivity index (χ2v) is 6.64. The number of fused-ring (bicyclic) bond motifs is 2. The van der Waals surface area contributed by atoms with Gasteiger partial charge in [0.15, 0.2) is 0 Å². The van der Waals surface area contributed by atoms with Crippen molar-refractivity contribution in [2.75, 3.05) is 12.3 Å². The van der Waals surface area contributed by atoms with E-state index in [-0.39, 0.29) is 5.91 Å². The summed E-state index contributed by atoms with van der Waals surface area (Å²) in [6, 6.07) is 2.13. The Bertz CT molecular complexity index is 720. The Hall–Kier alpha value is -1.88. The number of pyridine rings is 1. The van der Waals surface area contributed by atoms with E-state index in [9.17, 15) is 4.79 Å². The van der Waals surface area contributed by atoms with E-state index < -0.39 is 0 Å². The number of nitrogens with two attached hydrogens (primary N) is 1. The minimum Gasteiger partial charge on any atom is -0.397 e. The summed E-state index contributed by atoms with van der Waals surface area (Å²) in [4.78, 5) is 18.3. The normalized spacial score (nSPS) is 17.5. The zero-order valence-electron chi connectivity index (χ0n) is 12.1. The Balaban J connectivity index is 2.04. The van der Waals surface area contributed by atoms with E-state index >= 15 is 0 Å². The van der Waals surface area contributed by atoms with Crippen molar-refractivity contribution < 1.29 is 4.79 Å². The SMILES string of the molecule is C=CCNC(=O)c1sc2nc3c(cc2c1N)CC(C)CC3. The molecule has 0 saturated heterocycles. The summed E-state index contributed by atoms with van der Waals surface area (Å²) in [6.07, 6.45) is 4.90. The van der Waals surface area contributed by atoms with Gasteiger partial charge in [0.05, 0.1) is 5.69 Å². The third kappa shape index (κ3) is 2.53. The Morgan fingerprint density at radius 1 is 1.67 bits per heavy atom. The first-order valence-corrected chi connectivity index (χ1v) is 8.01. The fourth-order valence-corrected chi connectivity index (χ4v) is 3.80. The van der Waals surface area contributed by atoms with Crippen LogP contribution in [0.3, 0.4) is 0 Å². The fourth-order valence-electron chi connectivity index (χ4n) is 2.79. The van der Waals surface area contributed by atoms with Crippen molar-refractivity contribution in [3.63, 3.8) is 0 Å². The molecule has 1 aliphatic carbocycles. The number of aromatic nitrogens is 1. The van der Waals surface area contributed by atoms with Gasteiger partial charge in [-0.3, -0.25) is 4.79 Å². The predicted octanol–water partition coefficient (Wildman–Crippen LogP) is 2.92. The number of hydrogen-bond donors (Lipinski definition) is 2. The molecule has 0 fully saturated rings. The molecule has 3 rings (SSSR count). The van der Waals surface area contributed by atoms with Gasteiger partial charge in [0.25, 0.3) is 5.91 Å². The fraction of sp³-hybridized carbons (Fsp3) is 0.375. The zero-order valence-corrected chi connectivity index (χ0v) is 12.9. The second kappa shape index (κ2) is 5.48. The van der Waals surface area contributed by atoms with Gasteiger partial charge in [-0.1, -0.05) is 13.0 Å². The molecule has 1 unspecified atom stereocenters. The van der Waals surface area contributed by atoms with Gasteiger partial charge in [0.1, 0.15) is 9.71 Å². The largest absolute Gasteiger partial charge is 0.397 e. The molecular formula is C16H19N3OS. The molecule has 3 N–H and O–H groups in total. The molecule has 2 aromatic rings. The molecule has 0 spiro atoms. The summed E-state index contributed by atoms with van der Waals surface area (Å²) >= 11 is 1.37. The zero-order chi connectivity index (χ0) is 15.0. The van der Waals surface area contributed by atoms with E-state index in [1.807, 2.05) is 0 Å². The number of anilines is 1. The van der Waals surface area contributed by atoms with Crippen LogP contribution in [0, 0.1) is 5.92 Å². The molecule has 5 heteroatoms. The van der Waals surface area contributed by atoms with Crippen molar-refractivity contribution in [2.45, 2.75) is 26.2 Å². The van der Waals surface area contributed by atoms with Crippen LogP contribution in [0.2, 0.25) is 0 Å². The maximum Gasteiger partial charge on any atom is 0.263 e. The molecule has 0 radical (unpaired) electrons. The van der Waals surface area contributed by atoms with Gasteiger partial charge in [-0.2, -0.15) is 0 Å². The molecule has 0 aromatic carbocycles. The van der Waals surface area contributed by atoms with Gasteiger partial charge in [0.2, 0.25) is 0 Å². The molecule has 0 aliphatic heterocycles. The number of carbonyl (C=O) groups is 1. The summed E-state index contributed by atoms with van der Waals surface area (Å²) in [5, 5.41) is 3.69. The summed E-state index contributed by atoms with van der Waals surface area (Å²) in [5.74, 6) is 0.536. The van der Waals surface area contributed by atoms with Crippen LogP contribution in [0.5, 0.6) is 0 Å². The predicted molar refractivity (Wildman–Crippen MR) is 87.8 cm³/mol. The lowest BCUT2D eigenvalue weighted by Gasteiger charge is -2.20. The number of amides is 1. The van der Waals surface area contributed by atoms with Crippen LogP contribution in [0.25, 0.3) is 10.2 Å². The van der Waals surface area contributed by atoms with Gasteiger partial charge in [-0.05, 0) is 36.8 Å². The van der Waals surface area contributed by atoms with Crippen LogP contribution in [0.4, 0.5) is 5.69 Å². The van der Waals surface area contributed by atoms with E-state index in [2.05, 4.69) is 24.9 Å². The quantitative estimate of drug-likeness (QED) is 0.857. The topological polar surface area (TPSA) is 68.0 Å². The Morgan fingerprint density at radius 2 is 2.48 bits per heavy atom. The Labute approximate surface area is 128 Å². The number of aryl methyl sites for hydroxylation is 1. The minimum absolute atomic E-state index is 0.151. The average Bonchev–Trinajstić information content (AvgIpc) is 2.79. The highest BCUT2D eigenvalue weighted by Gasteiger charge is 2.21. The first-order chi connectivity index (χ1) is 10.1. The van der Waals surface area contributed by atoms with E-state index in [1.54, 1.807) is 6.08 Å². The van der Waals surface area contributed by atoms with E-state index in [1.165, 1.54) is 29.0 Å². The number of nitrogens with one attached hydrogen (secondary N) is 1. The number of thiophene rings is 1. The average molecular weight is 301 g/mol. The van der Waals surface area contributed by atoms with Gasteiger partial charge >= 0.3 is 0 Å². The van der Waals surface area contributed by atoms with Crippen LogP contribution in [0.1, 0.15) is 34.3 Å². The van der Waals surface area contributed by atoms with Crippen molar-refractivity contribution in [1.29, 1.82) is 0 Å². The van der Waals surface area contributed by atoms with Crippen LogP contribution in [-0.4, -0.2) is 17.4 Å². The monoisotopic (exact) mass is 301 g/mol. The molecule has 2 heterocycles. The molecule has 2 aromatic heterocycles.